The van der Waals surface area contributed by atoms with Crippen molar-refractivity contribution in [2.75, 3.05) is 13.1 Å². The van der Waals surface area contributed by atoms with Crippen LogP contribution in [0.1, 0.15) is 30.9 Å². The average Bonchev–Trinajstić information content (AvgIpc) is 3.10. The number of aromatic nitrogens is 4. The first kappa shape index (κ1) is 17.2. The Bertz CT molecular complexity index is 1230. The van der Waals surface area contributed by atoms with Crippen molar-refractivity contribution in [3.63, 3.8) is 0 Å². The summed E-state index contributed by atoms with van der Waals surface area (Å²) in [6.45, 7) is 5.17. The molecule has 5 nitrogen and oxygen atoms in total. The smallest absolute Gasteiger partial charge is 0.125 e. The van der Waals surface area contributed by atoms with Gasteiger partial charge in [-0.25, -0.2) is 14.4 Å². The molecule has 148 valence electrons. The van der Waals surface area contributed by atoms with Gasteiger partial charge in [-0.3, -0.25) is 9.47 Å². The van der Waals surface area contributed by atoms with E-state index in [-0.39, 0.29) is 5.82 Å². The molecule has 0 unspecified atom stereocenters. The predicted octanol–water partition coefficient (Wildman–Crippen LogP) is 4.23. The van der Waals surface area contributed by atoms with E-state index in [0.717, 1.165) is 60.2 Å². The number of imidazole rings is 2. The van der Waals surface area contributed by atoms with Crippen LogP contribution in [0.25, 0.3) is 27.8 Å². The zero-order valence-corrected chi connectivity index (χ0v) is 16.6. The van der Waals surface area contributed by atoms with Crippen LogP contribution in [0, 0.1) is 12.7 Å². The van der Waals surface area contributed by atoms with Crippen LogP contribution in [0.3, 0.4) is 0 Å². The number of hydrogen-bond donors (Lipinski definition) is 0. The summed E-state index contributed by atoms with van der Waals surface area (Å²) in [6.07, 6.45) is 5.08. The molecule has 6 heteroatoms. The average molecular weight is 389 g/mol. The topological polar surface area (TPSA) is 38.9 Å². The monoisotopic (exact) mass is 389 g/mol. The number of nitrogens with zero attached hydrogens (tertiary/aromatic N) is 5. The van der Waals surface area contributed by atoms with Gasteiger partial charge in [0.05, 0.1) is 22.1 Å². The fourth-order valence-corrected chi connectivity index (χ4v) is 4.94. The molecule has 1 aliphatic heterocycles. The molecule has 1 saturated carbocycles. The summed E-state index contributed by atoms with van der Waals surface area (Å²) >= 11 is 0. The van der Waals surface area contributed by atoms with Crippen molar-refractivity contribution in [2.45, 2.75) is 45.2 Å². The highest BCUT2D eigenvalue weighted by atomic mass is 19.1. The Hall–Kier alpha value is -2.73. The minimum Gasteiger partial charge on any atom is -0.327 e. The summed E-state index contributed by atoms with van der Waals surface area (Å²) < 4.78 is 18.2. The first-order valence-corrected chi connectivity index (χ1v) is 10.6. The number of hydrogen-bond acceptors (Lipinski definition) is 3. The molecule has 0 saturated heterocycles. The maximum atomic E-state index is 13.8. The van der Waals surface area contributed by atoms with Crippen molar-refractivity contribution < 1.29 is 4.39 Å². The van der Waals surface area contributed by atoms with Gasteiger partial charge in [-0.15, -0.1) is 0 Å². The Morgan fingerprint density at radius 2 is 1.83 bits per heavy atom. The summed E-state index contributed by atoms with van der Waals surface area (Å²) in [5.74, 6) is 1.78. The van der Waals surface area contributed by atoms with Crippen LogP contribution < -0.4 is 0 Å². The molecule has 2 aliphatic rings. The molecule has 0 bridgehead atoms. The molecule has 6 rings (SSSR count). The standard InChI is InChI=1S/C23H24FN5/c1-15-25-19-7-5-16(24)13-22(19)29(15)18-6-8-21-20(14-18)26-23-9-10-27(11-12-28(21)23)17-3-2-4-17/h5-8,13-14,17H,2-4,9-12H2,1H3. The van der Waals surface area contributed by atoms with Gasteiger partial charge in [0.25, 0.3) is 0 Å². The van der Waals surface area contributed by atoms with Crippen molar-refractivity contribution in [1.29, 1.82) is 0 Å². The number of aryl methyl sites for hydroxylation is 1. The molecule has 29 heavy (non-hydrogen) atoms. The van der Waals surface area contributed by atoms with E-state index >= 15 is 0 Å². The van der Waals surface area contributed by atoms with Gasteiger partial charge in [-0.2, -0.15) is 0 Å². The molecule has 4 aromatic rings. The molecule has 1 fully saturated rings. The van der Waals surface area contributed by atoms with Crippen molar-refractivity contribution in [3.05, 3.63) is 53.9 Å². The minimum absolute atomic E-state index is 0.246. The van der Waals surface area contributed by atoms with E-state index in [0.29, 0.717) is 0 Å². The number of halogens is 1. The molecule has 0 N–H and O–H groups in total. The summed E-state index contributed by atoms with van der Waals surface area (Å²) in [7, 11) is 0. The Kier molecular flexibility index (Phi) is 3.78. The van der Waals surface area contributed by atoms with Gasteiger partial charge in [0.15, 0.2) is 0 Å². The first-order valence-electron chi connectivity index (χ1n) is 10.6. The highest BCUT2D eigenvalue weighted by Crippen LogP contribution is 2.29. The number of fused-ring (bicyclic) bond motifs is 4. The Morgan fingerprint density at radius 3 is 2.66 bits per heavy atom. The zero-order chi connectivity index (χ0) is 19.5. The fraction of sp³-hybridized carbons (Fsp3) is 0.391. The third kappa shape index (κ3) is 2.69. The molecule has 0 atom stereocenters. The van der Waals surface area contributed by atoms with Crippen LogP contribution in [0.2, 0.25) is 0 Å². The van der Waals surface area contributed by atoms with E-state index in [9.17, 15) is 4.39 Å². The van der Waals surface area contributed by atoms with E-state index in [4.69, 9.17) is 4.98 Å². The molecular formula is C23H24FN5. The molecular weight excluding hydrogens is 365 g/mol. The van der Waals surface area contributed by atoms with E-state index < -0.39 is 0 Å². The largest absolute Gasteiger partial charge is 0.327 e. The molecule has 2 aromatic carbocycles. The van der Waals surface area contributed by atoms with Crippen LogP contribution in [0.5, 0.6) is 0 Å². The van der Waals surface area contributed by atoms with Crippen LogP contribution in [-0.4, -0.2) is 43.1 Å². The van der Waals surface area contributed by atoms with Gasteiger partial charge in [-0.1, -0.05) is 6.42 Å². The van der Waals surface area contributed by atoms with Crippen molar-refractivity contribution in [2.24, 2.45) is 0 Å². The van der Waals surface area contributed by atoms with Crippen LogP contribution >= 0.6 is 0 Å². The van der Waals surface area contributed by atoms with Crippen LogP contribution in [0.4, 0.5) is 4.39 Å². The third-order valence-corrected chi connectivity index (χ3v) is 6.68. The lowest BCUT2D eigenvalue weighted by molar-refractivity contribution is 0.130. The lowest BCUT2D eigenvalue weighted by Gasteiger charge is -2.36. The summed E-state index contributed by atoms with van der Waals surface area (Å²) in [5, 5.41) is 0. The van der Waals surface area contributed by atoms with Gasteiger partial charge >= 0.3 is 0 Å². The minimum atomic E-state index is -0.246. The summed E-state index contributed by atoms with van der Waals surface area (Å²) in [4.78, 5) is 12.2. The van der Waals surface area contributed by atoms with E-state index in [1.54, 1.807) is 12.1 Å². The Morgan fingerprint density at radius 1 is 0.931 bits per heavy atom. The lowest BCUT2D eigenvalue weighted by atomic mass is 9.91. The SMILES string of the molecule is Cc1nc2ccc(F)cc2n1-c1ccc2c(c1)nc1n2CCN(C2CCC2)CC1. The molecule has 0 amide bonds. The van der Waals surface area contributed by atoms with Crippen molar-refractivity contribution in [3.8, 4) is 5.69 Å². The van der Waals surface area contributed by atoms with Crippen molar-refractivity contribution in [1.82, 2.24) is 24.0 Å². The second kappa shape index (κ2) is 6.39. The van der Waals surface area contributed by atoms with Gasteiger partial charge < -0.3 is 4.57 Å². The van der Waals surface area contributed by atoms with E-state index in [2.05, 4.69) is 32.7 Å². The molecule has 2 aromatic heterocycles. The van der Waals surface area contributed by atoms with Gasteiger partial charge in [-0.05, 0) is 50.1 Å². The van der Waals surface area contributed by atoms with Gasteiger partial charge in [0, 0.05) is 43.9 Å². The lowest BCUT2D eigenvalue weighted by Crippen LogP contribution is -2.41. The number of benzene rings is 2. The maximum Gasteiger partial charge on any atom is 0.125 e. The van der Waals surface area contributed by atoms with Gasteiger partial charge in [0.1, 0.15) is 17.5 Å². The molecule has 0 spiro atoms. The van der Waals surface area contributed by atoms with Crippen molar-refractivity contribution >= 4 is 22.1 Å². The van der Waals surface area contributed by atoms with E-state index in [1.165, 1.54) is 36.7 Å². The van der Waals surface area contributed by atoms with E-state index in [1.807, 2.05) is 11.5 Å². The molecule has 3 heterocycles. The molecule has 0 radical (unpaired) electrons. The van der Waals surface area contributed by atoms with Gasteiger partial charge in [0.2, 0.25) is 0 Å². The summed E-state index contributed by atoms with van der Waals surface area (Å²) in [5.41, 5.74) is 4.77. The second-order valence-electron chi connectivity index (χ2n) is 8.35. The first-order chi connectivity index (χ1) is 14.2. The molecule has 1 aliphatic carbocycles. The Labute approximate surface area is 168 Å². The maximum absolute atomic E-state index is 13.8. The Balaban J connectivity index is 1.40. The fourth-order valence-electron chi connectivity index (χ4n) is 4.94. The third-order valence-electron chi connectivity index (χ3n) is 6.68. The zero-order valence-electron chi connectivity index (χ0n) is 16.6. The predicted molar refractivity (Wildman–Crippen MR) is 112 cm³/mol. The van der Waals surface area contributed by atoms with Crippen LogP contribution in [0.15, 0.2) is 36.4 Å². The quantitative estimate of drug-likeness (QED) is 0.515. The summed E-state index contributed by atoms with van der Waals surface area (Å²) in [6, 6.07) is 11.9. The second-order valence-corrected chi connectivity index (χ2v) is 8.35. The normalized spacial score (nSPS) is 18.1. The number of rotatable bonds is 2. The highest BCUT2D eigenvalue weighted by molar-refractivity contribution is 5.82. The van der Waals surface area contributed by atoms with Crippen LogP contribution in [-0.2, 0) is 13.0 Å². The highest BCUT2D eigenvalue weighted by Gasteiger charge is 2.27.